The molecule has 0 atom stereocenters. The van der Waals surface area contributed by atoms with Gasteiger partial charge in [-0.2, -0.15) is 0 Å². The third kappa shape index (κ3) is 6.25. The highest BCUT2D eigenvalue weighted by atomic mass is 32.2. The van der Waals surface area contributed by atoms with Gasteiger partial charge in [-0.15, -0.1) is 4.91 Å². The normalized spacial score (nSPS) is 14.5. The Morgan fingerprint density at radius 2 is 1.76 bits per heavy atom. The van der Waals surface area contributed by atoms with Gasteiger partial charge in [-0.3, -0.25) is 4.79 Å². The van der Waals surface area contributed by atoms with Crippen molar-refractivity contribution in [3.05, 3.63) is 70.7 Å². The van der Waals surface area contributed by atoms with Crippen LogP contribution in [0.4, 0.5) is 0 Å². The molecule has 0 spiro atoms. The molecule has 1 heterocycles. The Balaban J connectivity index is 1.55. The molecule has 0 radical (unpaired) electrons. The van der Waals surface area contributed by atoms with Crippen LogP contribution in [0.1, 0.15) is 12.0 Å². The minimum Gasteiger partial charge on any atom is -0.309 e. The first-order chi connectivity index (χ1) is 14.0. The molecule has 6 nitrogen and oxygen atoms in total. The molecule has 0 unspecified atom stereocenters. The Kier molecular flexibility index (Phi) is 7.57. The lowest BCUT2D eigenvalue weighted by molar-refractivity contribution is -0.117. The van der Waals surface area contributed by atoms with Gasteiger partial charge in [0.05, 0.1) is 5.29 Å². The van der Waals surface area contributed by atoms with Crippen LogP contribution in [-0.4, -0.2) is 48.8 Å². The molecule has 1 amide bonds. The number of hydrogen-bond donors (Lipinski definition) is 1. The second-order valence-electron chi connectivity index (χ2n) is 7.27. The lowest BCUT2D eigenvalue weighted by Gasteiger charge is -2.24. The number of nitrogens with one attached hydrogen (secondary N) is 1. The second-order valence-corrected chi connectivity index (χ2v) is 8.44. The zero-order valence-electron chi connectivity index (χ0n) is 16.8. The lowest BCUT2D eigenvalue weighted by Crippen LogP contribution is -2.28. The molecule has 152 valence electrons. The van der Waals surface area contributed by atoms with Crippen molar-refractivity contribution in [2.24, 2.45) is 5.29 Å². The molecule has 29 heavy (non-hydrogen) atoms. The minimum atomic E-state index is -0.401. The molecular formula is C22H26N4O2S. The summed E-state index contributed by atoms with van der Waals surface area (Å²) in [5, 5.41) is 2.44. The van der Waals surface area contributed by atoms with E-state index in [0.717, 1.165) is 24.4 Å². The van der Waals surface area contributed by atoms with Gasteiger partial charge in [-0.25, -0.2) is 9.73 Å². The summed E-state index contributed by atoms with van der Waals surface area (Å²) in [6, 6.07) is 17.3. The van der Waals surface area contributed by atoms with Crippen LogP contribution in [0.25, 0.3) is 11.1 Å². The van der Waals surface area contributed by atoms with Crippen molar-refractivity contribution in [1.82, 2.24) is 14.6 Å². The average Bonchev–Trinajstić information content (AvgIpc) is 2.74. The second kappa shape index (κ2) is 10.3. The van der Waals surface area contributed by atoms with Gasteiger partial charge in [0.15, 0.2) is 0 Å². The number of carbonyl (C=O) groups is 1. The molecule has 2 aromatic rings. The van der Waals surface area contributed by atoms with Gasteiger partial charge in [0.1, 0.15) is 0 Å². The minimum absolute atomic E-state index is 0.401. The number of nitroso groups, excluding NO2 is 1. The Morgan fingerprint density at radius 3 is 2.31 bits per heavy atom. The first kappa shape index (κ1) is 21.2. The summed E-state index contributed by atoms with van der Waals surface area (Å²) in [4.78, 5) is 25.1. The molecule has 7 heteroatoms. The van der Waals surface area contributed by atoms with Crippen LogP contribution in [0.15, 0.2) is 70.4 Å². The molecule has 1 N–H and O–H groups in total. The summed E-state index contributed by atoms with van der Waals surface area (Å²) in [7, 11) is 4.18. The number of rotatable bonds is 8. The van der Waals surface area contributed by atoms with E-state index in [1.165, 1.54) is 16.7 Å². The zero-order chi connectivity index (χ0) is 20.6. The first-order valence-corrected chi connectivity index (χ1v) is 10.4. The van der Waals surface area contributed by atoms with Crippen LogP contribution in [0.5, 0.6) is 0 Å². The smallest absolute Gasteiger partial charge is 0.269 e. The quantitative estimate of drug-likeness (QED) is 0.406. The van der Waals surface area contributed by atoms with Gasteiger partial charge >= 0.3 is 0 Å². The third-order valence-electron chi connectivity index (χ3n) is 4.83. The van der Waals surface area contributed by atoms with Crippen molar-refractivity contribution in [2.75, 3.05) is 33.7 Å². The Morgan fingerprint density at radius 1 is 1.10 bits per heavy atom. The fourth-order valence-corrected chi connectivity index (χ4v) is 4.01. The molecular weight excluding hydrogens is 384 g/mol. The Hall–Kier alpha value is -2.48. The van der Waals surface area contributed by atoms with Gasteiger partial charge in [-0.1, -0.05) is 42.5 Å². The summed E-state index contributed by atoms with van der Waals surface area (Å²) >= 11 is 1.67. The van der Waals surface area contributed by atoms with Crippen LogP contribution >= 0.6 is 11.9 Å². The Bertz CT molecular complexity index is 863. The topological polar surface area (TPSA) is 65.0 Å². The van der Waals surface area contributed by atoms with Crippen molar-refractivity contribution >= 4 is 17.9 Å². The number of carbonyl (C=O) groups excluding carboxylic acids is 1. The van der Waals surface area contributed by atoms with Crippen molar-refractivity contribution in [3.63, 3.8) is 0 Å². The van der Waals surface area contributed by atoms with E-state index in [1.807, 2.05) is 11.5 Å². The Labute approximate surface area is 176 Å². The molecule has 0 saturated heterocycles. The number of likely N-dealkylation sites (N-methyl/N-ethyl adjacent to an activating group) is 1. The van der Waals surface area contributed by atoms with Crippen molar-refractivity contribution in [2.45, 2.75) is 17.7 Å². The van der Waals surface area contributed by atoms with Crippen LogP contribution in [0, 0.1) is 4.91 Å². The maximum absolute atomic E-state index is 11.6. The van der Waals surface area contributed by atoms with E-state index in [0.29, 0.717) is 18.5 Å². The van der Waals surface area contributed by atoms with Crippen LogP contribution in [0.3, 0.4) is 0 Å². The fourth-order valence-electron chi connectivity index (χ4n) is 3.13. The van der Waals surface area contributed by atoms with E-state index in [-0.39, 0.29) is 0 Å². The predicted molar refractivity (Wildman–Crippen MR) is 118 cm³/mol. The van der Waals surface area contributed by atoms with Gasteiger partial charge < -0.3 is 4.90 Å². The van der Waals surface area contributed by atoms with E-state index >= 15 is 0 Å². The summed E-state index contributed by atoms with van der Waals surface area (Å²) < 4.78 is 2.19. The molecule has 1 aliphatic heterocycles. The molecule has 0 aliphatic carbocycles. The highest BCUT2D eigenvalue weighted by Gasteiger charge is 2.17. The highest BCUT2D eigenvalue weighted by molar-refractivity contribution is 7.97. The van der Waals surface area contributed by atoms with Crippen molar-refractivity contribution in [3.8, 4) is 11.1 Å². The van der Waals surface area contributed by atoms with Crippen molar-refractivity contribution in [1.29, 1.82) is 0 Å². The van der Waals surface area contributed by atoms with Crippen LogP contribution in [0.2, 0.25) is 0 Å². The first-order valence-electron chi connectivity index (χ1n) is 9.64. The van der Waals surface area contributed by atoms with Gasteiger partial charge in [0.2, 0.25) is 0 Å². The summed E-state index contributed by atoms with van der Waals surface area (Å²) in [5.41, 5.74) is 6.34. The van der Waals surface area contributed by atoms with Crippen LogP contribution in [-0.2, 0) is 11.2 Å². The number of amides is 1. The van der Waals surface area contributed by atoms with Crippen molar-refractivity contribution < 1.29 is 4.79 Å². The van der Waals surface area contributed by atoms with E-state index in [4.69, 9.17) is 0 Å². The fraction of sp³-hybridized carbons (Fsp3) is 0.318. The lowest BCUT2D eigenvalue weighted by atomic mass is 10.0. The van der Waals surface area contributed by atoms with Crippen LogP contribution < -0.4 is 5.43 Å². The molecule has 1 aliphatic rings. The average molecular weight is 411 g/mol. The summed E-state index contributed by atoms with van der Waals surface area (Å²) in [5.74, 6) is -0.401. The maximum Gasteiger partial charge on any atom is 0.269 e. The molecule has 0 saturated carbocycles. The standard InChI is InChI=1S/C22H26N4O2S/c1-25(2)14-11-17-3-5-18(6-4-17)19-7-9-21(10-8-19)29-26-15-12-20(13-16-26)22(27)23-24-28/h3-10,12H,11,13-16H2,1-2H3,(H,23,27,28). The van der Waals surface area contributed by atoms with Gasteiger partial charge in [-0.05, 0) is 67.7 Å². The molecule has 2 aromatic carbocycles. The van der Waals surface area contributed by atoms with E-state index in [2.05, 4.69) is 77.1 Å². The molecule has 0 fully saturated rings. The molecule has 0 bridgehead atoms. The molecule has 0 aromatic heterocycles. The third-order valence-corrected chi connectivity index (χ3v) is 5.91. The SMILES string of the molecule is CN(C)CCc1ccc(-c2ccc(SN3CC=C(C(=O)NN=O)CC3)cc2)cc1. The van der Waals surface area contributed by atoms with E-state index in [9.17, 15) is 9.70 Å². The number of benzene rings is 2. The number of hydrogen-bond acceptors (Lipinski definition) is 6. The van der Waals surface area contributed by atoms with Gasteiger partial charge in [0, 0.05) is 30.1 Å². The highest BCUT2D eigenvalue weighted by Crippen LogP contribution is 2.28. The number of nitrogens with zero attached hydrogens (tertiary/aromatic N) is 3. The largest absolute Gasteiger partial charge is 0.309 e. The molecule has 3 rings (SSSR count). The summed E-state index contributed by atoms with van der Waals surface area (Å²) in [6.45, 7) is 2.46. The monoisotopic (exact) mass is 410 g/mol. The van der Waals surface area contributed by atoms with E-state index < -0.39 is 5.91 Å². The maximum atomic E-state index is 11.6. The summed E-state index contributed by atoms with van der Waals surface area (Å²) in [6.07, 6.45) is 3.51. The van der Waals surface area contributed by atoms with E-state index in [1.54, 1.807) is 11.9 Å². The predicted octanol–water partition coefficient (Wildman–Crippen LogP) is 3.89. The van der Waals surface area contributed by atoms with Gasteiger partial charge in [0.25, 0.3) is 5.91 Å². The zero-order valence-corrected chi connectivity index (χ0v) is 17.6.